The maximum atomic E-state index is 9.80. The molecule has 1 atom stereocenters. The first-order valence-electron chi connectivity index (χ1n) is 6.52. The molecule has 0 fully saturated rings. The van der Waals surface area contributed by atoms with E-state index < -0.39 is 0 Å². The van der Waals surface area contributed by atoms with Gasteiger partial charge in [0.25, 0.3) is 0 Å². The van der Waals surface area contributed by atoms with E-state index in [2.05, 4.69) is 17.6 Å². The monoisotopic (exact) mass is 270 g/mol. The fourth-order valence-electron chi connectivity index (χ4n) is 1.70. The number of benzene rings is 1. The van der Waals surface area contributed by atoms with Crippen molar-refractivity contribution in [3.63, 3.8) is 0 Å². The van der Waals surface area contributed by atoms with Crippen molar-refractivity contribution in [3.05, 3.63) is 28.8 Å². The molecule has 0 heterocycles. The van der Waals surface area contributed by atoms with E-state index >= 15 is 0 Å². The zero-order valence-electron chi connectivity index (χ0n) is 11.2. The molecule has 0 aromatic heterocycles. The first kappa shape index (κ1) is 15.3. The second kappa shape index (κ2) is 8.35. The van der Waals surface area contributed by atoms with Crippen LogP contribution in [0.4, 0.5) is 5.69 Å². The van der Waals surface area contributed by atoms with Crippen molar-refractivity contribution >= 4 is 17.3 Å². The molecule has 0 bridgehead atoms. The van der Waals surface area contributed by atoms with Crippen LogP contribution < -0.4 is 10.6 Å². The Labute approximate surface area is 115 Å². The quantitative estimate of drug-likeness (QED) is 0.637. The molecular weight excluding hydrogens is 248 g/mol. The number of unbranched alkanes of at least 4 members (excludes halogenated alkanes) is 1. The Morgan fingerprint density at radius 2 is 2.11 bits per heavy atom. The molecule has 0 saturated carbocycles. The van der Waals surface area contributed by atoms with Gasteiger partial charge < -0.3 is 15.7 Å². The topological polar surface area (TPSA) is 44.3 Å². The third-order valence-electron chi connectivity index (χ3n) is 2.80. The Hall–Kier alpha value is -0.770. The van der Waals surface area contributed by atoms with Crippen LogP contribution in [0.5, 0.6) is 0 Å². The molecule has 0 aliphatic heterocycles. The Balaban J connectivity index is 2.27. The Morgan fingerprint density at radius 3 is 2.78 bits per heavy atom. The minimum Gasteiger partial charge on any atom is -0.390 e. The molecule has 1 aromatic carbocycles. The number of anilines is 1. The fraction of sp³-hybridized carbons (Fsp3) is 0.571. The first-order valence-corrected chi connectivity index (χ1v) is 6.90. The van der Waals surface area contributed by atoms with Crippen molar-refractivity contribution in [1.82, 2.24) is 5.32 Å². The van der Waals surface area contributed by atoms with Crippen LogP contribution in [-0.4, -0.2) is 30.8 Å². The summed E-state index contributed by atoms with van der Waals surface area (Å²) in [6.07, 6.45) is 1.94. The number of hydrogen-bond acceptors (Lipinski definition) is 3. The predicted molar refractivity (Wildman–Crippen MR) is 78.5 cm³/mol. The fourth-order valence-corrected chi connectivity index (χ4v) is 1.92. The van der Waals surface area contributed by atoms with E-state index in [9.17, 15) is 5.11 Å². The number of aryl methyl sites for hydroxylation is 1. The van der Waals surface area contributed by atoms with Crippen LogP contribution >= 0.6 is 11.6 Å². The second-order valence-corrected chi connectivity index (χ2v) is 4.99. The highest BCUT2D eigenvalue weighted by molar-refractivity contribution is 6.30. The summed E-state index contributed by atoms with van der Waals surface area (Å²) in [7, 11) is 0. The van der Waals surface area contributed by atoms with Crippen LogP contribution in [0.15, 0.2) is 18.2 Å². The van der Waals surface area contributed by atoms with E-state index in [1.165, 1.54) is 6.42 Å². The molecule has 0 unspecified atom stereocenters. The van der Waals surface area contributed by atoms with Gasteiger partial charge in [-0.25, -0.2) is 0 Å². The van der Waals surface area contributed by atoms with Crippen LogP contribution in [0, 0.1) is 6.92 Å². The lowest BCUT2D eigenvalue weighted by atomic mass is 10.2. The van der Waals surface area contributed by atoms with Gasteiger partial charge in [-0.15, -0.1) is 0 Å². The molecule has 0 aliphatic rings. The van der Waals surface area contributed by atoms with E-state index in [4.69, 9.17) is 11.6 Å². The SMILES string of the molecule is CCCCNC[C@@H](O)CNc1ccc(Cl)cc1C. The van der Waals surface area contributed by atoms with Crippen molar-refractivity contribution in [1.29, 1.82) is 0 Å². The van der Waals surface area contributed by atoms with Gasteiger partial charge in [-0.3, -0.25) is 0 Å². The molecule has 0 spiro atoms. The Morgan fingerprint density at radius 1 is 1.33 bits per heavy atom. The highest BCUT2D eigenvalue weighted by atomic mass is 35.5. The van der Waals surface area contributed by atoms with Gasteiger partial charge in [0, 0.05) is 23.8 Å². The lowest BCUT2D eigenvalue weighted by molar-refractivity contribution is 0.184. The maximum absolute atomic E-state index is 9.80. The van der Waals surface area contributed by atoms with Crippen LogP contribution in [0.2, 0.25) is 5.02 Å². The summed E-state index contributed by atoms with van der Waals surface area (Å²) in [6, 6.07) is 5.70. The van der Waals surface area contributed by atoms with Gasteiger partial charge in [0.2, 0.25) is 0 Å². The third kappa shape index (κ3) is 5.71. The van der Waals surface area contributed by atoms with Crippen molar-refractivity contribution in [3.8, 4) is 0 Å². The second-order valence-electron chi connectivity index (χ2n) is 4.55. The standard InChI is InChI=1S/C14H23ClN2O/c1-3-4-7-16-9-13(18)10-17-14-6-5-12(15)8-11(14)2/h5-6,8,13,16-18H,3-4,7,9-10H2,1-2H3/t13-/m1/s1. The largest absolute Gasteiger partial charge is 0.390 e. The summed E-state index contributed by atoms with van der Waals surface area (Å²) in [4.78, 5) is 0. The summed E-state index contributed by atoms with van der Waals surface area (Å²) in [5.74, 6) is 0. The minimum atomic E-state index is -0.378. The highest BCUT2D eigenvalue weighted by Gasteiger charge is 2.04. The molecule has 4 heteroatoms. The molecule has 0 amide bonds. The van der Waals surface area contributed by atoms with E-state index in [1.807, 2.05) is 25.1 Å². The summed E-state index contributed by atoms with van der Waals surface area (Å²) in [5.41, 5.74) is 2.11. The number of hydrogen-bond donors (Lipinski definition) is 3. The maximum Gasteiger partial charge on any atom is 0.0836 e. The normalized spacial score (nSPS) is 12.4. The summed E-state index contributed by atoms with van der Waals surface area (Å²) < 4.78 is 0. The molecule has 18 heavy (non-hydrogen) atoms. The number of halogens is 1. The Kier molecular flexibility index (Phi) is 7.09. The summed E-state index contributed by atoms with van der Waals surface area (Å²) in [5, 5.41) is 17.0. The first-order chi connectivity index (χ1) is 8.63. The van der Waals surface area contributed by atoms with Gasteiger partial charge in [-0.2, -0.15) is 0 Å². The average molecular weight is 271 g/mol. The zero-order valence-corrected chi connectivity index (χ0v) is 11.9. The van der Waals surface area contributed by atoms with Crippen LogP contribution in [0.1, 0.15) is 25.3 Å². The lowest BCUT2D eigenvalue weighted by Gasteiger charge is -2.15. The molecule has 1 aromatic rings. The van der Waals surface area contributed by atoms with Crippen LogP contribution in [-0.2, 0) is 0 Å². The van der Waals surface area contributed by atoms with Crippen molar-refractivity contribution in [2.45, 2.75) is 32.8 Å². The van der Waals surface area contributed by atoms with Crippen molar-refractivity contribution in [2.75, 3.05) is 25.0 Å². The van der Waals surface area contributed by atoms with E-state index in [0.717, 1.165) is 29.2 Å². The summed E-state index contributed by atoms with van der Waals surface area (Å²) in [6.45, 7) is 6.29. The number of rotatable bonds is 8. The van der Waals surface area contributed by atoms with Crippen molar-refractivity contribution < 1.29 is 5.11 Å². The van der Waals surface area contributed by atoms with E-state index in [1.54, 1.807) is 0 Å². The Bertz CT molecular complexity index is 358. The van der Waals surface area contributed by atoms with Gasteiger partial charge in [-0.05, 0) is 43.7 Å². The highest BCUT2D eigenvalue weighted by Crippen LogP contribution is 2.19. The molecule has 102 valence electrons. The van der Waals surface area contributed by atoms with Gasteiger partial charge in [-0.1, -0.05) is 24.9 Å². The molecular formula is C14H23ClN2O. The smallest absolute Gasteiger partial charge is 0.0836 e. The van der Waals surface area contributed by atoms with Crippen LogP contribution in [0.3, 0.4) is 0 Å². The summed E-state index contributed by atoms with van der Waals surface area (Å²) >= 11 is 5.89. The predicted octanol–water partition coefficient (Wildman–Crippen LogP) is 2.81. The van der Waals surface area contributed by atoms with Crippen LogP contribution in [0.25, 0.3) is 0 Å². The molecule has 0 aliphatic carbocycles. The molecule has 0 radical (unpaired) electrons. The molecule has 0 saturated heterocycles. The van der Waals surface area contributed by atoms with Gasteiger partial charge in [0.05, 0.1) is 6.10 Å². The molecule has 3 nitrogen and oxygen atoms in total. The number of aliphatic hydroxyl groups excluding tert-OH is 1. The lowest BCUT2D eigenvalue weighted by Crippen LogP contribution is -2.32. The van der Waals surface area contributed by atoms with E-state index in [-0.39, 0.29) is 6.10 Å². The van der Waals surface area contributed by atoms with Gasteiger partial charge in [0.15, 0.2) is 0 Å². The average Bonchev–Trinajstić information content (AvgIpc) is 2.33. The minimum absolute atomic E-state index is 0.378. The number of aliphatic hydroxyl groups is 1. The molecule has 3 N–H and O–H groups in total. The van der Waals surface area contributed by atoms with Gasteiger partial charge >= 0.3 is 0 Å². The molecule has 1 rings (SSSR count). The third-order valence-corrected chi connectivity index (χ3v) is 3.04. The number of nitrogens with one attached hydrogen (secondary N) is 2. The van der Waals surface area contributed by atoms with E-state index in [0.29, 0.717) is 13.1 Å². The van der Waals surface area contributed by atoms with Gasteiger partial charge in [0.1, 0.15) is 0 Å². The van der Waals surface area contributed by atoms with Crippen molar-refractivity contribution in [2.24, 2.45) is 0 Å². The zero-order chi connectivity index (χ0) is 13.4.